The third-order valence-electron chi connectivity index (χ3n) is 15.6. The van der Waals surface area contributed by atoms with Crippen molar-refractivity contribution in [3.8, 4) is 0 Å². The Balaban J connectivity index is 4.21. The number of nitrogens with zero attached hydrogens (tertiary/aromatic N) is 1. The van der Waals surface area contributed by atoms with E-state index in [4.69, 9.17) is 18.9 Å². The van der Waals surface area contributed by atoms with Gasteiger partial charge in [-0.05, 0) is 141 Å². The highest BCUT2D eigenvalue weighted by molar-refractivity contribution is 5.71. The minimum absolute atomic E-state index is 0.173. The molecule has 0 fully saturated rings. The number of esters is 2. The molecule has 0 aromatic rings. The molecular formula is C86H140NO8+. The fourth-order valence-corrected chi connectivity index (χ4v) is 9.89. The largest absolute Gasteiger partial charge is 0.477 e. The lowest BCUT2D eigenvalue weighted by atomic mass is 10.0. The molecule has 0 rings (SSSR count). The van der Waals surface area contributed by atoms with Crippen molar-refractivity contribution in [1.82, 2.24) is 0 Å². The van der Waals surface area contributed by atoms with Crippen LogP contribution in [-0.4, -0.2) is 87.4 Å². The molecule has 536 valence electrons. The van der Waals surface area contributed by atoms with E-state index in [-0.39, 0.29) is 38.6 Å². The molecule has 95 heavy (non-hydrogen) atoms. The van der Waals surface area contributed by atoms with Gasteiger partial charge in [-0.3, -0.25) is 9.59 Å². The van der Waals surface area contributed by atoms with Crippen LogP contribution >= 0.6 is 0 Å². The van der Waals surface area contributed by atoms with Crippen LogP contribution < -0.4 is 0 Å². The van der Waals surface area contributed by atoms with Crippen molar-refractivity contribution in [2.75, 3.05) is 47.5 Å². The first kappa shape index (κ1) is 89.4. The molecule has 2 unspecified atom stereocenters. The van der Waals surface area contributed by atoms with Crippen LogP contribution in [-0.2, 0) is 33.3 Å². The van der Waals surface area contributed by atoms with E-state index >= 15 is 0 Å². The van der Waals surface area contributed by atoms with E-state index in [1.54, 1.807) is 0 Å². The third kappa shape index (κ3) is 75.6. The first-order chi connectivity index (χ1) is 46.6. The Morgan fingerprint density at radius 2 is 0.600 bits per heavy atom. The number of carbonyl (C=O) groups excluding carboxylic acids is 2. The standard InChI is InChI=1S/C86H139NO8/c1-6-8-10-12-14-16-18-20-22-24-26-28-30-32-34-36-37-38-39-40-41-42-43-44-45-46-47-49-51-53-55-57-59-61-63-65-67-69-71-73-75-77-84(89)95-82(81-94-86(85(90)91)92-79-78-87(3,4)5)80-93-83(88)76-74-72-70-68-66-64-62-60-58-56-54-52-50-48-35-33-31-29-27-25-23-21-19-17-15-13-11-9-7-2/h8,10,14,16,19-22,25-28,31-34,37-38,40-41,43-44,46-47,51,53,57,59,63,65,82,86H,6-7,9,11-13,15,17-18,23-24,29-30,35-36,39,42,45,48-50,52,54-56,58,60-62,64,66-81H2,1-5H3/p+1/b10-8-,16-14-,21-19-,22-20-,27-25-,28-26-,33-31-,34-32-,38-37-,41-40-,44-43-,47-46-,53-51-,59-57-,65-63-. The van der Waals surface area contributed by atoms with Crippen LogP contribution in [0.4, 0.5) is 0 Å². The SMILES string of the molecule is CC/C=C\C/C=C\C/C=C\C/C=C\C/C=C\C/C=C\C/C=C\C/C=C\C/C=C\C/C=C\C/C=C\C/C=C\CCCCCCC(=O)OC(COC(=O)CCCCCCCCCCCCCCCC/C=C\C/C=C\C/C=C\CCCCCCC)COC(OCC[N+](C)(C)C)C(=O)O. The Morgan fingerprint density at radius 3 is 0.895 bits per heavy atom. The van der Waals surface area contributed by atoms with Crippen LogP contribution in [0.15, 0.2) is 182 Å². The zero-order valence-electron chi connectivity index (χ0n) is 61.3. The smallest absolute Gasteiger partial charge is 0.361 e. The number of likely N-dealkylation sites (N-methyl/N-ethyl adjacent to an activating group) is 1. The van der Waals surface area contributed by atoms with Gasteiger partial charge in [0.1, 0.15) is 13.2 Å². The first-order valence-electron chi connectivity index (χ1n) is 37.9. The van der Waals surface area contributed by atoms with Crippen LogP contribution in [0.5, 0.6) is 0 Å². The fraction of sp³-hybridized carbons (Fsp3) is 0.616. The van der Waals surface area contributed by atoms with E-state index in [1.807, 2.05) is 21.1 Å². The van der Waals surface area contributed by atoms with Crippen molar-refractivity contribution < 1.29 is 42.9 Å². The average Bonchev–Trinajstić information content (AvgIpc) is 3.54. The fourth-order valence-electron chi connectivity index (χ4n) is 9.89. The number of rotatable bonds is 68. The van der Waals surface area contributed by atoms with E-state index in [0.717, 1.165) is 135 Å². The quantitative estimate of drug-likeness (QED) is 0.0211. The Labute approximate surface area is 583 Å². The van der Waals surface area contributed by atoms with Gasteiger partial charge in [-0.15, -0.1) is 0 Å². The van der Waals surface area contributed by atoms with E-state index in [1.165, 1.54) is 116 Å². The summed E-state index contributed by atoms with van der Waals surface area (Å²) in [6.07, 6.45) is 110. The molecule has 2 atom stereocenters. The number of hydrogen-bond donors (Lipinski definition) is 1. The number of unbranched alkanes of at least 4 members (excludes halogenated alkanes) is 23. The maximum atomic E-state index is 13.0. The second-order valence-electron chi connectivity index (χ2n) is 25.9. The van der Waals surface area contributed by atoms with E-state index in [0.29, 0.717) is 17.4 Å². The minimum atomic E-state index is -1.53. The second-order valence-corrected chi connectivity index (χ2v) is 25.9. The molecule has 0 aromatic carbocycles. The van der Waals surface area contributed by atoms with Crippen LogP contribution in [0.2, 0.25) is 0 Å². The molecule has 0 aliphatic rings. The normalized spacial score (nSPS) is 13.7. The molecule has 0 aromatic heterocycles. The zero-order chi connectivity index (χ0) is 69.0. The van der Waals surface area contributed by atoms with Gasteiger partial charge in [-0.2, -0.15) is 0 Å². The van der Waals surface area contributed by atoms with Crippen molar-refractivity contribution in [1.29, 1.82) is 0 Å². The molecule has 0 amide bonds. The third-order valence-corrected chi connectivity index (χ3v) is 15.6. The van der Waals surface area contributed by atoms with Crippen LogP contribution in [0.3, 0.4) is 0 Å². The summed E-state index contributed by atoms with van der Waals surface area (Å²) in [7, 11) is 5.96. The number of ether oxygens (including phenoxy) is 4. The number of hydrogen-bond acceptors (Lipinski definition) is 7. The van der Waals surface area contributed by atoms with E-state index < -0.39 is 24.3 Å². The molecule has 0 heterocycles. The highest BCUT2D eigenvalue weighted by Crippen LogP contribution is 2.16. The summed E-state index contributed by atoms with van der Waals surface area (Å²) in [5.74, 6) is -2.05. The Bertz CT molecular complexity index is 2220. The molecule has 0 saturated carbocycles. The van der Waals surface area contributed by atoms with Crippen molar-refractivity contribution in [2.45, 2.75) is 296 Å². The van der Waals surface area contributed by atoms with E-state index in [9.17, 15) is 19.5 Å². The lowest BCUT2D eigenvalue weighted by Gasteiger charge is -2.25. The van der Waals surface area contributed by atoms with Gasteiger partial charge in [0.05, 0.1) is 34.4 Å². The minimum Gasteiger partial charge on any atom is -0.477 e. The average molecular weight is 1320 g/mol. The molecule has 0 aliphatic carbocycles. The molecule has 0 bridgehead atoms. The summed E-state index contributed by atoms with van der Waals surface area (Å²) in [5, 5.41) is 9.76. The van der Waals surface area contributed by atoms with Gasteiger partial charge in [-0.25, -0.2) is 4.79 Å². The van der Waals surface area contributed by atoms with Gasteiger partial charge >= 0.3 is 17.9 Å². The van der Waals surface area contributed by atoms with Gasteiger partial charge in [0.2, 0.25) is 0 Å². The van der Waals surface area contributed by atoms with Gasteiger partial charge in [0.25, 0.3) is 6.29 Å². The molecular weight excluding hydrogens is 1170 g/mol. The Hall–Kier alpha value is -5.61. The number of carboxylic acid groups (broad SMARTS) is 1. The lowest BCUT2D eigenvalue weighted by Crippen LogP contribution is -2.40. The number of allylic oxidation sites excluding steroid dienone is 30. The molecule has 1 N–H and O–H groups in total. The molecule has 9 heteroatoms. The van der Waals surface area contributed by atoms with Gasteiger partial charge < -0.3 is 28.5 Å². The van der Waals surface area contributed by atoms with Gasteiger partial charge in [0.15, 0.2) is 6.10 Å². The van der Waals surface area contributed by atoms with Crippen molar-refractivity contribution in [3.05, 3.63) is 182 Å². The predicted octanol–water partition coefficient (Wildman–Crippen LogP) is 24.4. The maximum absolute atomic E-state index is 13.0. The van der Waals surface area contributed by atoms with E-state index in [2.05, 4.69) is 196 Å². The highest BCUT2D eigenvalue weighted by Gasteiger charge is 2.25. The van der Waals surface area contributed by atoms with Crippen molar-refractivity contribution >= 4 is 17.9 Å². The summed E-state index contributed by atoms with van der Waals surface area (Å²) < 4.78 is 23.0. The van der Waals surface area contributed by atoms with Crippen molar-refractivity contribution in [2.24, 2.45) is 0 Å². The molecule has 0 aliphatic heterocycles. The molecule has 0 spiro atoms. The Kier molecular flexibility index (Phi) is 69.8. The first-order valence-corrected chi connectivity index (χ1v) is 37.9. The molecule has 9 nitrogen and oxygen atoms in total. The lowest BCUT2D eigenvalue weighted by molar-refractivity contribution is -0.870. The molecule has 0 saturated heterocycles. The number of carbonyl (C=O) groups is 3. The van der Waals surface area contributed by atoms with Crippen LogP contribution in [0, 0.1) is 0 Å². The van der Waals surface area contributed by atoms with Crippen molar-refractivity contribution in [3.63, 3.8) is 0 Å². The summed E-state index contributed by atoms with van der Waals surface area (Å²) in [6.45, 7) is 4.72. The van der Waals surface area contributed by atoms with Crippen LogP contribution in [0.1, 0.15) is 284 Å². The number of carboxylic acids is 1. The predicted molar refractivity (Wildman–Crippen MR) is 409 cm³/mol. The van der Waals surface area contributed by atoms with Gasteiger partial charge in [0, 0.05) is 12.8 Å². The summed E-state index contributed by atoms with van der Waals surface area (Å²) >= 11 is 0. The Morgan fingerprint density at radius 1 is 0.326 bits per heavy atom. The molecule has 0 radical (unpaired) electrons. The second kappa shape index (κ2) is 74.2. The number of quaternary nitrogens is 1. The number of aliphatic carboxylic acids is 1. The zero-order valence-corrected chi connectivity index (χ0v) is 61.3. The van der Waals surface area contributed by atoms with Crippen LogP contribution in [0.25, 0.3) is 0 Å². The monoisotopic (exact) mass is 1320 g/mol. The summed E-state index contributed by atoms with van der Waals surface area (Å²) in [5.41, 5.74) is 0. The van der Waals surface area contributed by atoms with Gasteiger partial charge in [-0.1, -0.05) is 312 Å². The summed E-state index contributed by atoms with van der Waals surface area (Å²) in [4.78, 5) is 37.7. The highest BCUT2D eigenvalue weighted by atomic mass is 16.7. The topological polar surface area (TPSA) is 108 Å². The maximum Gasteiger partial charge on any atom is 0.361 e. The summed E-state index contributed by atoms with van der Waals surface area (Å²) in [6, 6.07) is 0.